The fourth-order valence-corrected chi connectivity index (χ4v) is 3.78. The van der Waals surface area contributed by atoms with E-state index in [0.29, 0.717) is 22.3 Å². The number of carbonyl (C=O) groups is 1. The van der Waals surface area contributed by atoms with Crippen LogP contribution in [0.4, 0.5) is 0 Å². The van der Waals surface area contributed by atoms with E-state index >= 15 is 0 Å². The molecular formula is C23H23NO7. The highest BCUT2D eigenvalue weighted by molar-refractivity contribution is 5.94. The summed E-state index contributed by atoms with van der Waals surface area (Å²) in [4.78, 5) is 16.4. The first kappa shape index (κ1) is 21.4. The van der Waals surface area contributed by atoms with Gasteiger partial charge in [-0.2, -0.15) is 0 Å². The Bertz CT molecular complexity index is 1100. The van der Waals surface area contributed by atoms with Gasteiger partial charge in [-0.1, -0.05) is 24.3 Å². The second-order valence-electron chi connectivity index (χ2n) is 7.47. The summed E-state index contributed by atoms with van der Waals surface area (Å²) in [5.74, 6) is -0.418. The Kier molecular flexibility index (Phi) is 5.99. The molecule has 3 aromatic rings. The molecule has 0 bridgehead atoms. The van der Waals surface area contributed by atoms with Crippen molar-refractivity contribution in [3.05, 3.63) is 65.7 Å². The lowest BCUT2D eigenvalue weighted by Crippen LogP contribution is -2.55. The predicted octanol–water partition coefficient (Wildman–Crippen LogP) is 1.20. The first-order valence-electron chi connectivity index (χ1n) is 9.83. The second-order valence-corrected chi connectivity index (χ2v) is 7.47. The standard InChI is InChI=1S/C23H23NO7/c1-30-23(29)15-6-8-17-13(10-15)5-7-16(24-17)12-3-2-4-14(9-12)22-21(28)20(27)19(26)18(11-25)31-22/h2-10,18-22,25-28H,11H2,1H3/t18-,19-,20+,21+,22-/m1/s1. The molecule has 1 aliphatic heterocycles. The van der Waals surface area contributed by atoms with Gasteiger partial charge in [-0.15, -0.1) is 0 Å². The van der Waals surface area contributed by atoms with E-state index in [2.05, 4.69) is 4.98 Å². The smallest absolute Gasteiger partial charge is 0.337 e. The summed E-state index contributed by atoms with van der Waals surface area (Å²) in [7, 11) is 1.33. The van der Waals surface area contributed by atoms with Crippen LogP contribution in [0.5, 0.6) is 0 Å². The Labute approximate surface area is 178 Å². The van der Waals surface area contributed by atoms with E-state index in [1.807, 2.05) is 18.2 Å². The fourth-order valence-electron chi connectivity index (χ4n) is 3.78. The molecule has 0 aliphatic carbocycles. The average Bonchev–Trinajstić information content (AvgIpc) is 2.81. The molecule has 0 amide bonds. The van der Waals surface area contributed by atoms with Crippen LogP contribution in [0.15, 0.2) is 54.6 Å². The third kappa shape index (κ3) is 4.04. The van der Waals surface area contributed by atoms with Gasteiger partial charge in [0.1, 0.15) is 30.5 Å². The fraction of sp³-hybridized carbons (Fsp3) is 0.304. The first-order chi connectivity index (χ1) is 14.9. The number of esters is 1. The number of pyridine rings is 1. The Morgan fingerprint density at radius 3 is 2.58 bits per heavy atom. The van der Waals surface area contributed by atoms with Crippen molar-refractivity contribution >= 4 is 16.9 Å². The number of rotatable bonds is 4. The minimum absolute atomic E-state index is 0.418. The highest BCUT2D eigenvalue weighted by Crippen LogP contribution is 2.34. The van der Waals surface area contributed by atoms with Gasteiger partial charge in [0.2, 0.25) is 0 Å². The van der Waals surface area contributed by atoms with Crippen molar-refractivity contribution < 1.29 is 34.7 Å². The van der Waals surface area contributed by atoms with Gasteiger partial charge in [0, 0.05) is 10.9 Å². The molecule has 8 nitrogen and oxygen atoms in total. The number of carbonyl (C=O) groups excluding carboxylic acids is 1. The van der Waals surface area contributed by atoms with E-state index < -0.39 is 43.1 Å². The minimum Gasteiger partial charge on any atom is -0.465 e. The van der Waals surface area contributed by atoms with Crippen LogP contribution < -0.4 is 0 Å². The highest BCUT2D eigenvalue weighted by atomic mass is 16.5. The van der Waals surface area contributed by atoms with E-state index in [-0.39, 0.29) is 0 Å². The zero-order valence-corrected chi connectivity index (χ0v) is 16.8. The second kappa shape index (κ2) is 8.70. The predicted molar refractivity (Wildman–Crippen MR) is 111 cm³/mol. The minimum atomic E-state index is -1.44. The highest BCUT2D eigenvalue weighted by Gasteiger charge is 2.43. The molecule has 0 radical (unpaired) electrons. The maximum Gasteiger partial charge on any atom is 0.337 e. The molecule has 162 valence electrons. The van der Waals surface area contributed by atoms with Gasteiger partial charge in [-0.3, -0.25) is 0 Å². The number of fused-ring (bicyclic) bond motifs is 1. The zero-order chi connectivity index (χ0) is 22.1. The molecule has 1 saturated heterocycles. The van der Waals surface area contributed by atoms with Crippen LogP contribution in [0, 0.1) is 0 Å². The van der Waals surface area contributed by atoms with Crippen molar-refractivity contribution in [2.75, 3.05) is 13.7 Å². The van der Waals surface area contributed by atoms with Crippen molar-refractivity contribution in [2.45, 2.75) is 30.5 Å². The summed E-state index contributed by atoms with van der Waals surface area (Å²) < 4.78 is 10.4. The summed E-state index contributed by atoms with van der Waals surface area (Å²) in [6.45, 7) is -0.485. The lowest BCUT2D eigenvalue weighted by Gasteiger charge is -2.40. The lowest BCUT2D eigenvalue weighted by molar-refractivity contribution is -0.231. The van der Waals surface area contributed by atoms with Gasteiger partial charge in [-0.05, 0) is 35.9 Å². The number of ether oxygens (including phenoxy) is 2. The maximum atomic E-state index is 11.7. The number of aliphatic hydroxyl groups excluding tert-OH is 4. The molecular weight excluding hydrogens is 402 g/mol. The molecule has 2 aromatic carbocycles. The van der Waals surface area contributed by atoms with Crippen LogP contribution in [0.1, 0.15) is 22.0 Å². The molecule has 0 saturated carbocycles. The van der Waals surface area contributed by atoms with Crippen molar-refractivity contribution in [3.8, 4) is 11.3 Å². The molecule has 2 heterocycles. The van der Waals surface area contributed by atoms with E-state index in [4.69, 9.17) is 9.47 Å². The van der Waals surface area contributed by atoms with Gasteiger partial charge >= 0.3 is 5.97 Å². The van der Waals surface area contributed by atoms with Gasteiger partial charge < -0.3 is 29.9 Å². The van der Waals surface area contributed by atoms with E-state index in [1.54, 1.807) is 36.4 Å². The Balaban J connectivity index is 1.66. The van der Waals surface area contributed by atoms with Gasteiger partial charge in [0.15, 0.2) is 0 Å². The van der Waals surface area contributed by atoms with Crippen molar-refractivity contribution in [3.63, 3.8) is 0 Å². The number of aliphatic hydroxyl groups is 4. The van der Waals surface area contributed by atoms with Gasteiger partial charge in [0.05, 0.1) is 30.5 Å². The molecule has 1 fully saturated rings. The molecule has 4 N–H and O–H groups in total. The number of methoxy groups -OCH3 is 1. The number of hydrogen-bond acceptors (Lipinski definition) is 8. The number of aromatic nitrogens is 1. The summed E-state index contributed by atoms with van der Waals surface area (Å²) in [5, 5.41) is 40.7. The summed E-state index contributed by atoms with van der Waals surface area (Å²) in [6, 6.07) is 15.9. The van der Waals surface area contributed by atoms with Crippen LogP contribution in [-0.4, -0.2) is 69.5 Å². The SMILES string of the molecule is COC(=O)c1ccc2nc(-c3cccc([C@H]4O[C@H](CO)[C@@H](O)[C@H](O)[C@@H]4O)c3)ccc2c1. The van der Waals surface area contributed by atoms with Crippen molar-refractivity contribution in [2.24, 2.45) is 0 Å². The summed E-state index contributed by atoms with van der Waals surface area (Å²) >= 11 is 0. The monoisotopic (exact) mass is 425 g/mol. The van der Waals surface area contributed by atoms with Crippen LogP contribution in [0.3, 0.4) is 0 Å². The third-order valence-electron chi connectivity index (χ3n) is 5.51. The Morgan fingerprint density at radius 2 is 1.84 bits per heavy atom. The first-order valence-corrected chi connectivity index (χ1v) is 9.83. The van der Waals surface area contributed by atoms with E-state index in [9.17, 15) is 25.2 Å². The number of nitrogens with zero attached hydrogens (tertiary/aromatic N) is 1. The van der Waals surface area contributed by atoms with Crippen LogP contribution in [-0.2, 0) is 9.47 Å². The molecule has 0 spiro atoms. The quantitative estimate of drug-likeness (QED) is 0.459. The number of hydrogen-bond donors (Lipinski definition) is 4. The molecule has 5 atom stereocenters. The average molecular weight is 425 g/mol. The molecule has 8 heteroatoms. The largest absolute Gasteiger partial charge is 0.465 e. The van der Waals surface area contributed by atoms with Gasteiger partial charge in [0.25, 0.3) is 0 Å². The van der Waals surface area contributed by atoms with Crippen LogP contribution in [0.25, 0.3) is 22.2 Å². The summed E-state index contributed by atoms with van der Waals surface area (Å²) in [6.07, 6.45) is -6.10. The topological polar surface area (TPSA) is 129 Å². The van der Waals surface area contributed by atoms with Crippen molar-refractivity contribution in [1.82, 2.24) is 4.98 Å². The maximum absolute atomic E-state index is 11.7. The van der Waals surface area contributed by atoms with Crippen LogP contribution in [0.2, 0.25) is 0 Å². The molecule has 1 aromatic heterocycles. The molecule has 1 aliphatic rings. The number of benzene rings is 2. The third-order valence-corrected chi connectivity index (χ3v) is 5.51. The Hall–Kier alpha value is -2.88. The summed E-state index contributed by atoms with van der Waals surface area (Å²) in [5.41, 5.74) is 3.15. The van der Waals surface area contributed by atoms with Crippen LogP contribution >= 0.6 is 0 Å². The molecule has 31 heavy (non-hydrogen) atoms. The Morgan fingerprint density at radius 1 is 1.03 bits per heavy atom. The molecule has 0 unspecified atom stereocenters. The van der Waals surface area contributed by atoms with Crippen molar-refractivity contribution in [1.29, 1.82) is 0 Å². The normalized spacial score (nSPS) is 26.0. The van der Waals surface area contributed by atoms with E-state index in [0.717, 1.165) is 10.9 Å². The van der Waals surface area contributed by atoms with Gasteiger partial charge in [-0.25, -0.2) is 9.78 Å². The van der Waals surface area contributed by atoms with E-state index in [1.165, 1.54) is 7.11 Å². The zero-order valence-electron chi connectivity index (χ0n) is 16.8. The lowest BCUT2D eigenvalue weighted by atomic mass is 9.90. The molecule has 4 rings (SSSR count).